The highest BCUT2D eigenvalue weighted by molar-refractivity contribution is 5.85. The van der Waals surface area contributed by atoms with Crippen LogP contribution in [-0.2, 0) is 20.8 Å². The van der Waals surface area contributed by atoms with Crippen LogP contribution in [-0.4, -0.2) is 30.7 Å². The highest BCUT2D eigenvalue weighted by Crippen LogP contribution is 2.07. The average Bonchev–Trinajstić information content (AvgIpc) is 2.51. The molecule has 2 atom stereocenters. The summed E-state index contributed by atoms with van der Waals surface area (Å²) < 4.78 is 0. The van der Waals surface area contributed by atoms with Gasteiger partial charge in [-0.05, 0) is 30.7 Å². The molecule has 0 saturated carbocycles. The number of carbonyl (C=O) groups is 3. The third-order valence-electron chi connectivity index (χ3n) is 3.37. The van der Waals surface area contributed by atoms with Crippen LogP contribution < -0.4 is 10.6 Å². The van der Waals surface area contributed by atoms with Gasteiger partial charge in [-0.15, -0.1) is 0 Å². The summed E-state index contributed by atoms with van der Waals surface area (Å²) >= 11 is 0. The molecule has 0 spiro atoms. The molecule has 0 aromatic heterocycles. The van der Waals surface area contributed by atoms with Crippen LogP contribution in [0.5, 0.6) is 0 Å². The number of amides is 2. The number of nitrogens with one attached hydrogen (secondary N) is 2. The van der Waals surface area contributed by atoms with Crippen LogP contribution in [0, 0.1) is 5.92 Å². The fourth-order valence-corrected chi connectivity index (χ4v) is 2.27. The Morgan fingerprint density at radius 2 is 1.86 bits per heavy atom. The second-order valence-electron chi connectivity index (χ2n) is 5.74. The zero-order chi connectivity index (χ0) is 16.4. The molecular weight excluding hydrogens is 280 g/mol. The van der Waals surface area contributed by atoms with Crippen molar-refractivity contribution in [2.45, 2.75) is 45.2 Å². The van der Waals surface area contributed by atoms with Crippen molar-refractivity contribution < 1.29 is 14.4 Å². The molecule has 2 amide bonds. The third-order valence-corrected chi connectivity index (χ3v) is 3.37. The standard InChI is InChI=1S/C17H24N2O3/c1-13(2)10-15(11-20)19-17(22)16(18-12-21)9-8-14-6-4-3-5-7-14/h3-7,11-13,15-16H,8-10H2,1-2H3,(H,18,21)(H,19,22). The molecule has 120 valence electrons. The first-order valence-electron chi connectivity index (χ1n) is 7.56. The van der Waals surface area contributed by atoms with Crippen molar-refractivity contribution in [3.8, 4) is 0 Å². The molecule has 0 radical (unpaired) electrons. The molecule has 0 fully saturated rings. The molecule has 2 unspecified atom stereocenters. The number of carbonyl (C=O) groups excluding carboxylic acids is 3. The van der Waals surface area contributed by atoms with Gasteiger partial charge in [0.2, 0.25) is 12.3 Å². The van der Waals surface area contributed by atoms with Crippen LogP contribution in [0.1, 0.15) is 32.3 Å². The zero-order valence-electron chi connectivity index (χ0n) is 13.1. The van der Waals surface area contributed by atoms with Gasteiger partial charge in [-0.25, -0.2) is 0 Å². The fourth-order valence-electron chi connectivity index (χ4n) is 2.27. The van der Waals surface area contributed by atoms with Gasteiger partial charge in [-0.2, -0.15) is 0 Å². The van der Waals surface area contributed by atoms with E-state index in [4.69, 9.17) is 0 Å². The van der Waals surface area contributed by atoms with Crippen molar-refractivity contribution in [2.24, 2.45) is 5.92 Å². The second kappa shape index (κ2) is 9.71. The van der Waals surface area contributed by atoms with Crippen LogP contribution in [0.15, 0.2) is 30.3 Å². The Balaban J connectivity index is 2.58. The third kappa shape index (κ3) is 6.52. The summed E-state index contributed by atoms with van der Waals surface area (Å²) in [7, 11) is 0. The van der Waals surface area contributed by atoms with Gasteiger partial charge in [0, 0.05) is 0 Å². The molecule has 0 bridgehead atoms. The van der Waals surface area contributed by atoms with Crippen molar-refractivity contribution >= 4 is 18.6 Å². The summed E-state index contributed by atoms with van der Waals surface area (Å²) in [5.41, 5.74) is 1.10. The van der Waals surface area contributed by atoms with E-state index in [1.165, 1.54) is 0 Å². The van der Waals surface area contributed by atoms with E-state index in [1.54, 1.807) is 0 Å². The number of hydrogen-bond donors (Lipinski definition) is 2. The van der Waals surface area contributed by atoms with Crippen LogP contribution >= 0.6 is 0 Å². The summed E-state index contributed by atoms with van der Waals surface area (Å²) in [5, 5.41) is 5.22. The maximum absolute atomic E-state index is 12.2. The number of rotatable bonds is 10. The maximum Gasteiger partial charge on any atom is 0.243 e. The molecule has 0 saturated heterocycles. The molecule has 0 heterocycles. The van der Waals surface area contributed by atoms with E-state index in [0.29, 0.717) is 31.6 Å². The van der Waals surface area contributed by atoms with E-state index in [0.717, 1.165) is 11.8 Å². The molecule has 0 aliphatic carbocycles. The van der Waals surface area contributed by atoms with Crippen molar-refractivity contribution in [1.29, 1.82) is 0 Å². The normalized spacial score (nSPS) is 13.2. The van der Waals surface area contributed by atoms with Crippen LogP contribution in [0.2, 0.25) is 0 Å². The largest absolute Gasteiger partial charge is 0.347 e. The summed E-state index contributed by atoms with van der Waals surface area (Å²) in [5.74, 6) is -0.0157. The van der Waals surface area contributed by atoms with E-state index in [1.807, 2.05) is 44.2 Å². The van der Waals surface area contributed by atoms with Crippen molar-refractivity contribution in [3.05, 3.63) is 35.9 Å². The van der Waals surface area contributed by atoms with E-state index >= 15 is 0 Å². The quantitative estimate of drug-likeness (QED) is 0.643. The SMILES string of the molecule is CC(C)CC(C=O)NC(=O)C(CCc1ccccc1)NC=O. The lowest BCUT2D eigenvalue weighted by molar-refractivity contribution is -0.127. The molecular formula is C17H24N2O3. The average molecular weight is 304 g/mol. The number of hydrogen-bond acceptors (Lipinski definition) is 3. The molecule has 1 aromatic carbocycles. The van der Waals surface area contributed by atoms with Gasteiger partial charge in [0.25, 0.3) is 0 Å². The first-order chi connectivity index (χ1) is 10.6. The zero-order valence-corrected chi connectivity index (χ0v) is 13.1. The van der Waals surface area contributed by atoms with E-state index in [9.17, 15) is 14.4 Å². The van der Waals surface area contributed by atoms with Crippen LogP contribution in [0.4, 0.5) is 0 Å². The Kier molecular flexibility index (Phi) is 7.89. The van der Waals surface area contributed by atoms with E-state index in [-0.39, 0.29) is 5.91 Å². The second-order valence-corrected chi connectivity index (χ2v) is 5.74. The predicted molar refractivity (Wildman–Crippen MR) is 85.2 cm³/mol. The number of benzene rings is 1. The first kappa shape index (κ1) is 17.9. The van der Waals surface area contributed by atoms with Gasteiger partial charge in [0.15, 0.2) is 0 Å². The van der Waals surface area contributed by atoms with Gasteiger partial charge in [-0.3, -0.25) is 9.59 Å². The number of aldehydes is 1. The summed E-state index contributed by atoms with van der Waals surface area (Å²) in [6.07, 6.45) is 3.01. The monoisotopic (exact) mass is 304 g/mol. The Hall–Kier alpha value is -2.17. The molecule has 5 nitrogen and oxygen atoms in total. The summed E-state index contributed by atoms with van der Waals surface area (Å²) in [6, 6.07) is 8.60. The first-order valence-corrected chi connectivity index (χ1v) is 7.56. The topological polar surface area (TPSA) is 75.3 Å². The molecule has 5 heteroatoms. The minimum Gasteiger partial charge on any atom is -0.347 e. The minimum absolute atomic E-state index is 0.303. The van der Waals surface area contributed by atoms with Gasteiger partial charge >= 0.3 is 0 Å². The van der Waals surface area contributed by atoms with Gasteiger partial charge in [0.1, 0.15) is 12.3 Å². The minimum atomic E-state index is -0.632. The Labute approximate surface area is 131 Å². The lowest BCUT2D eigenvalue weighted by Gasteiger charge is -2.20. The highest BCUT2D eigenvalue weighted by Gasteiger charge is 2.21. The highest BCUT2D eigenvalue weighted by atomic mass is 16.2. The molecule has 0 aliphatic rings. The predicted octanol–water partition coefficient (Wildman–Crippen LogP) is 1.46. The lowest BCUT2D eigenvalue weighted by atomic mass is 10.0. The number of aryl methyl sites for hydroxylation is 1. The van der Waals surface area contributed by atoms with Crippen molar-refractivity contribution in [1.82, 2.24) is 10.6 Å². The Morgan fingerprint density at radius 1 is 1.18 bits per heavy atom. The van der Waals surface area contributed by atoms with Gasteiger partial charge in [0.05, 0.1) is 6.04 Å². The molecule has 2 N–H and O–H groups in total. The summed E-state index contributed by atoms with van der Waals surface area (Å²) in [6.45, 7) is 3.97. The van der Waals surface area contributed by atoms with Gasteiger partial charge in [-0.1, -0.05) is 44.2 Å². The van der Waals surface area contributed by atoms with E-state index in [2.05, 4.69) is 10.6 Å². The van der Waals surface area contributed by atoms with Gasteiger partial charge < -0.3 is 15.4 Å². The molecule has 22 heavy (non-hydrogen) atoms. The van der Waals surface area contributed by atoms with Crippen molar-refractivity contribution in [3.63, 3.8) is 0 Å². The maximum atomic E-state index is 12.2. The molecule has 1 aromatic rings. The fraction of sp³-hybridized carbons (Fsp3) is 0.471. The lowest BCUT2D eigenvalue weighted by Crippen LogP contribution is -2.48. The Morgan fingerprint density at radius 3 is 2.41 bits per heavy atom. The van der Waals surface area contributed by atoms with Crippen molar-refractivity contribution in [2.75, 3.05) is 0 Å². The molecule has 0 aliphatic heterocycles. The van der Waals surface area contributed by atoms with E-state index < -0.39 is 12.1 Å². The smallest absolute Gasteiger partial charge is 0.243 e. The summed E-state index contributed by atoms with van der Waals surface area (Å²) in [4.78, 5) is 33.9. The van der Waals surface area contributed by atoms with Crippen LogP contribution in [0.3, 0.4) is 0 Å². The Bertz CT molecular complexity index is 474. The molecule has 1 rings (SSSR count). The van der Waals surface area contributed by atoms with Crippen LogP contribution in [0.25, 0.3) is 0 Å².